The number of piperidine rings is 1. The van der Waals surface area contributed by atoms with Crippen LogP contribution in [0.1, 0.15) is 30.9 Å². The molecule has 2 heterocycles. The molecule has 4 rings (SSSR count). The van der Waals surface area contributed by atoms with Crippen molar-refractivity contribution in [1.29, 1.82) is 0 Å². The lowest BCUT2D eigenvalue weighted by atomic mass is 9.92. The molecular weight excluding hydrogens is 329 g/mol. The summed E-state index contributed by atoms with van der Waals surface area (Å²) in [6, 6.07) is 5.73. The summed E-state index contributed by atoms with van der Waals surface area (Å²) in [7, 11) is 0. The number of thioether (sulfide) groups is 1. The molecule has 1 aromatic carbocycles. The molecule has 1 saturated carbocycles. The number of hydrogen-bond acceptors (Lipinski definition) is 5. The van der Waals surface area contributed by atoms with Gasteiger partial charge >= 0.3 is 0 Å². The SMILES string of the molecule is O=C1C=C2CN([C@H](C(=O)C3CC3)c3ccccc3F)CC[C@]2(O)S1. The van der Waals surface area contributed by atoms with Crippen LogP contribution < -0.4 is 0 Å². The van der Waals surface area contributed by atoms with E-state index in [4.69, 9.17) is 0 Å². The third-order valence-electron chi connectivity index (χ3n) is 4.99. The summed E-state index contributed by atoms with van der Waals surface area (Å²) in [4.78, 5) is 25.2. The number of hydrogen-bond donors (Lipinski definition) is 1. The van der Waals surface area contributed by atoms with Gasteiger partial charge in [0.05, 0.1) is 6.04 Å². The van der Waals surface area contributed by atoms with Gasteiger partial charge < -0.3 is 5.11 Å². The van der Waals surface area contributed by atoms with Gasteiger partial charge in [0.15, 0.2) is 5.78 Å². The molecule has 24 heavy (non-hydrogen) atoms. The maximum atomic E-state index is 14.3. The number of benzene rings is 1. The summed E-state index contributed by atoms with van der Waals surface area (Å²) >= 11 is 0.930. The van der Waals surface area contributed by atoms with Crippen molar-refractivity contribution in [2.75, 3.05) is 13.1 Å². The summed E-state index contributed by atoms with van der Waals surface area (Å²) in [5.41, 5.74) is 1.01. The molecule has 0 aromatic heterocycles. The molecule has 0 unspecified atom stereocenters. The molecule has 1 saturated heterocycles. The maximum Gasteiger partial charge on any atom is 0.215 e. The molecule has 0 amide bonds. The Labute approximate surface area is 143 Å². The first-order valence-electron chi connectivity index (χ1n) is 8.16. The zero-order valence-corrected chi connectivity index (χ0v) is 13.9. The Morgan fingerprint density at radius 1 is 1.38 bits per heavy atom. The van der Waals surface area contributed by atoms with Gasteiger partial charge in [-0.1, -0.05) is 18.2 Å². The zero-order chi connectivity index (χ0) is 16.9. The van der Waals surface area contributed by atoms with Gasteiger partial charge in [0.2, 0.25) is 5.12 Å². The minimum Gasteiger partial charge on any atom is -0.375 e. The van der Waals surface area contributed by atoms with Gasteiger partial charge in [0, 0.05) is 31.0 Å². The van der Waals surface area contributed by atoms with E-state index < -0.39 is 11.0 Å². The number of carbonyl (C=O) groups excluding carboxylic acids is 2. The molecule has 0 bridgehead atoms. The second kappa shape index (κ2) is 5.79. The monoisotopic (exact) mass is 347 g/mol. The van der Waals surface area contributed by atoms with E-state index in [0.717, 1.165) is 24.6 Å². The minimum atomic E-state index is -1.16. The first-order valence-corrected chi connectivity index (χ1v) is 8.98. The third-order valence-corrected chi connectivity index (χ3v) is 6.11. The fraction of sp³-hybridized carbons (Fsp3) is 0.444. The molecule has 2 aliphatic heterocycles. The Hall–Kier alpha value is -1.50. The van der Waals surface area contributed by atoms with Crippen LogP contribution in [0.5, 0.6) is 0 Å². The molecule has 0 radical (unpaired) electrons. The lowest BCUT2D eigenvalue weighted by molar-refractivity contribution is -0.126. The van der Waals surface area contributed by atoms with E-state index in [-0.39, 0.29) is 22.6 Å². The highest BCUT2D eigenvalue weighted by Crippen LogP contribution is 2.46. The summed E-state index contributed by atoms with van der Waals surface area (Å²) in [5, 5.41) is 10.4. The zero-order valence-electron chi connectivity index (χ0n) is 13.1. The van der Waals surface area contributed by atoms with Crippen molar-refractivity contribution in [3.63, 3.8) is 0 Å². The van der Waals surface area contributed by atoms with Crippen molar-refractivity contribution in [3.05, 3.63) is 47.3 Å². The molecule has 1 aromatic rings. The standard InChI is InChI=1S/C18H18FNO3S/c19-14-4-2-1-3-13(14)16(17(22)11-5-6-11)20-8-7-18(23)12(10-20)9-15(21)24-18/h1-4,9,11,16,23H,5-8,10H2/t16-,18-/m0/s1. The van der Waals surface area contributed by atoms with E-state index in [0.29, 0.717) is 30.6 Å². The summed E-state index contributed by atoms with van der Waals surface area (Å²) in [5.74, 6) is -0.338. The van der Waals surface area contributed by atoms with E-state index in [1.165, 1.54) is 12.1 Å². The molecule has 1 N–H and O–H groups in total. The molecule has 2 atom stereocenters. The van der Waals surface area contributed by atoms with Gasteiger partial charge in [0.1, 0.15) is 10.8 Å². The normalized spacial score (nSPS) is 28.4. The molecule has 4 nitrogen and oxygen atoms in total. The average Bonchev–Trinajstić information content (AvgIpc) is 3.33. The van der Waals surface area contributed by atoms with Gasteiger partial charge in [-0.25, -0.2) is 4.39 Å². The quantitative estimate of drug-likeness (QED) is 0.907. The van der Waals surface area contributed by atoms with Crippen LogP contribution >= 0.6 is 11.8 Å². The number of fused-ring (bicyclic) bond motifs is 1. The Balaban J connectivity index is 1.67. The third kappa shape index (κ3) is 2.72. The van der Waals surface area contributed by atoms with Crippen LogP contribution in [0, 0.1) is 11.7 Å². The summed E-state index contributed by atoms with van der Waals surface area (Å²) in [6.45, 7) is 0.762. The maximum absolute atomic E-state index is 14.3. The highest BCUT2D eigenvalue weighted by atomic mass is 32.2. The van der Waals surface area contributed by atoms with Gasteiger partial charge in [-0.05, 0) is 42.3 Å². The molecule has 0 spiro atoms. The molecule has 6 heteroatoms. The van der Waals surface area contributed by atoms with E-state index >= 15 is 0 Å². The second-order valence-electron chi connectivity index (χ2n) is 6.70. The van der Waals surface area contributed by atoms with E-state index in [1.807, 2.05) is 4.90 Å². The first kappa shape index (κ1) is 16.0. The van der Waals surface area contributed by atoms with Crippen molar-refractivity contribution in [2.24, 2.45) is 5.92 Å². The molecule has 126 valence electrons. The fourth-order valence-electron chi connectivity index (χ4n) is 3.53. The minimum absolute atomic E-state index is 0.00369. The number of nitrogens with zero attached hydrogens (tertiary/aromatic N) is 1. The number of likely N-dealkylation sites (tertiary alicyclic amines) is 1. The fourth-order valence-corrected chi connectivity index (χ4v) is 4.51. The van der Waals surface area contributed by atoms with Crippen LogP contribution in [0.4, 0.5) is 4.39 Å². The van der Waals surface area contributed by atoms with Crippen molar-refractivity contribution >= 4 is 22.7 Å². The van der Waals surface area contributed by atoms with Crippen LogP contribution in [0.3, 0.4) is 0 Å². The highest BCUT2D eigenvalue weighted by molar-refractivity contribution is 8.15. The summed E-state index contributed by atoms with van der Waals surface area (Å²) < 4.78 is 14.3. The molecular formula is C18H18FNO3S. The van der Waals surface area contributed by atoms with Crippen LogP contribution in [0.2, 0.25) is 0 Å². The van der Waals surface area contributed by atoms with Crippen molar-refractivity contribution in [1.82, 2.24) is 4.90 Å². The lowest BCUT2D eigenvalue weighted by Crippen LogP contribution is -2.47. The topological polar surface area (TPSA) is 57.6 Å². The summed E-state index contributed by atoms with van der Waals surface area (Å²) in [6.07, 6.45) is 3.53. The van der Waals surface area contributed by atoms with Gasteiger partial charge in [-0.2, -0.15) is 0 Å². The van der Waals surface area contributed by atoms with Gasteiger partial charge in [-0.15, -0.1) is 0 Å². The Bertz CT molecular complexity index is 746. The predicted molar refractivity (Wildman–Crippen MR) is 88.7 cm³/mol. The van der Waals surface area contributed by atoms with Gasteiger partial charge in [-0.3, -0.25) is 14.5 Å². The number of carbonyl (C=O) groups is 2. The number of aliphatic hydroxyl groups is 1. The largest absolute Gasteiger partial charge is 0.375 e. The van der Waals surface area contributed by atoms with E-state index in [1.54, 1.807) is 18.2 Å². The van der Waals surface area contributed by atoms with E-state index in [9.17, 15) is 19.1 Å². The number of Topliss-reactive ketones (excluding diaryl/α,β-unsaturated/α-hetero) is 1. The Morgan fingerprint density at radius 3 is 2.83 bits per heavy atom. The smallest absolute Gasteiger partial charge is 0.215 e. The van der Waals surface area contributed by atoms with Crippen LogP contribution in [0.15, 0.2) is 35.9 Å². The van der Waals surface area contributed by atoms with Crippen molar-refractivity contribution in [2.45, 2.75) is 30.2 Å². The second-order valence-corrected chi connectivity index (χ2v) is 7.98. The van der Waals surface area contributed by atoms with Crippen molar-refractivity contribution < 1.29 is 19.1 Å². The van der Waals surface area contributed by atoms with Crippen molar-refractivity contribution in [3.8, 4) is 0 Å². The predicted octanol–water partition coefficient (Wildman–Crippen LogP) is 2.44. The number of halogens is 1. The van der Waals surface area contributed by atoms with Crippen LogP contribution in [-0.4, -0.2) is 38.9 Å². The molecule has 2 fully saturated rings. The highest BCUT2D eigenvalue weighted by Gasteiger charge is 2.47. The molecule has 3 aliphatic rings. The Kier molecular flexibility index (Phi) is 3.86. The van der Waals surface area contributed by atoms with E-state index in [2.05, 4.69) is 0 Å². The van der Waals surface area contributed by atoms with Crippen LogP contribution in [0.25, 0.3) is 0 Å². The average molecular weight is 347 g/mol. The number of ketones is 1. The first-order chi connectivity index (χ1) is 11.5. The van der Waals surface area contributed by atoms with Crippen LogP contribution in [-0.2, 0) is 9.59 Å². The lowest BCUT2D eigenvalue weighted by Gasteiger charge is -2.40. The molecule has 1 aliphatic carbocycles. The Morgan fingerprint density at radius 2 is 2.12 bits per heavy atom. The number of rotatable bonds is 4. The van der Waals surface area contributed by atoms with Gasteiger partial charge in [0.25, 0.3) is 0 Å².